The molecule has 0 bridgehead atoms. The number of methoxy groups -OCH3 is 2. The topological polar surface area (TPSA) is 104 Å². The summed E-state index contributed by atoms with van der Waals surface area (Å²) in [5.41, 5.74) is 4.92. The molecule has 1 aliphatic rings. The smallest absolute Gasteiger partial charge is 0.156 e. The lowest BCUT2D eigenvalue weighted by Gasteiger charge is -2.37. The first-order valence-corrected chi connectivity index (χ1v) is 28.8. The number of ether oxygens (including phenoxy) is 6. The number of nitrogens with zero attached hydrogens (tertiary/aromatic N) is 8. The minimum absolute atomic E-state index is 0.0169. The molecule has 0 saturated carbocycles. The molecule has 0 spiro atoms. The average Bonchev–Trinajstić information content (AvgIpc) is 4.03. The Labute approximate surface area is 461 Å². The van der Waals surface area contributed by atoms with Crippen LogP contribution >= 0.6 is 0 Å². The zero-order valence-corrected chi connectivity index (χ0v) is 50.2. The first-order valence-electron chi connectivity index (χ1n) is 28.8. The van der Waals surface area contributed by atoms with Gasteiger partial charge in [0.15, 0.2) is 11.5 Å². The number of benzene rings is 2. The average molecular weight is 1060 g/mol. The van der Waals surface area contributed by atoms with Gasteiger partial charge in [0.05, 0.1) is 103 Å². The van der Waals surface area contributed by atoms with Crippen LogP contribution in [0, 0.1) is 23.7 Å². The molecule has 3 heterocycles. The largest absolute Gasteiger partial charge is 0.493 e. The van der Waals surface area contributed by atoms with Gasteiger partial charge in [-0.3, -0.25) is 29.0 Å². The maximum Gasteiger partial charge on any atom is 0.156 e. The van der Waals surface area contributed by atoms with Crippen molar-refractivity contribution in [1.29, 1.82) is 0 Å². The van der Waals surface area contributed by atoms with E-state index in [0.29, 0.717) is 63.2 Å². The van der Waals surface area contributed by atoms with Crippen molar-refractivity contribution in [3.63, 3.8) is 0 Å². The summed E-state index contributed by atoms with van der Waals surface area (Å²) in [7, 11) is 12.4. The molecule has 76 heavy (non-hydrogen) atoms. The lowest BCUT2D eigenvalue weighted by molar-refractivity contribution is -0.0536. The van der Waals surface area contributed by atoms with E-state index in [9.17, 15) is 0 Å². The summed E-state index contributed by atoms with van der Waals surface area (Å²) >= 11 is 0. The fourth-order valence-electron chi connectivity index (χ4n) is 10.8. The monoisotopic (exact) mass is 1060 g/mol. The van der Waals surface area contributed by atoms with Gasteiger partial charge in [-0.15, -0.1) is 0 Å². The van der Waals surface area contributed by atoms with Gasteiger partial charge >= 0.3 is 0 Å². The van der Waals surface area contributed by atoms with Gasteiger partial charge in [-0.2, -0.15) is 10.2 Å². The third-order valence-electron chi connectivity index (χ3n) is 15.1. The summed E-state index contributed by atoms with van der Waals surface area (Å²) in [6, 6.07) is 18.9. The molecular weight excluding hydrogens is 953 g/mol. The van der Waals surface area contributed by atoms with E-state index in [1.807, 2.05) is 21.8 Å². The number of rotatable bonds is 18. The van der Waals surface area contributed by atoms with Crippen molar-refractivity contribution in [2.45, 2.75) is 169 Å². The summed E-state index contributed by atoms with van der Waals surface area (Å²) in [6.07, 6.45) is 13.2. The number of likely N-dealkylation sites (N-methyl/N-ethyl adjacent to an activating group) is 4. The molecule has 0 N–H and O–H groups in total. The highest BCUT2D eigenvalue weighted by Crippen LogP contribution is 2.23. The van der Waals surface area contributed by atoms with Crippen LogP contribution in [0.5, 0.6) is 11.5 Å². The summed E-state index contributed by atoms with van der Waals surface area (Å²) < 4.78 is 42.7. The van der Waals surface area contributed by atoms with Crippen LogP contribution < -0.4 is 9.47 Å². The highest BCUT2D eigenvalue weighted by atomic mass is 16.5. The molecule has 1 aliphatic heterocycles. The molecule has 0 radical (unpaired) electrons. The molecule has 5 rings (SSSR count). The number of aromatic nitrogens is 4. The Morgan fingerprint density at radius 1 is 0.447 bits per heavy atom. The molecule has 14 heteroatoms. The summed E-state index contributed by atoms with van der Waals surface area (Å²) in [4.78, 5) is 10.0. The summed E-state index contributed by atoms with van der Waals surface area (Å²) in [6.45, 7) is 30.3. The van der Waals surface area contributed by atoms with Crippen molar-refractivity contribution < 1.29 is 28.4 Å². The Bertz CT molecular complexity index is 1990. The standard InChI is InChI=1S/C62H104N8O6/c1-45(2)25-55-41-73-49(9)33-65(11)58(28-48(7)8)44-76-60(30-52-19-23-54(24-20-52)36-70-40-62(72-16)32-64-70)38-68(14)56(26-46(3)4)42-74-50(10)34-66(12)57(27-47(5)6)43-75-59(37-67(55)13)29-51-17-21-53(22-18-51)35-69-39-61(71-15)31-63-69/h17-24,31-32,39-40,45-50,55-60H,25-30,33-38,41-44H2,1-16H3/t49-,50-,55+,56+,57+,58+,59-,60-/m1/s1. The third-order valence-corrected chi connectivity index (χ3v) is 15.1. The van der Waals surface area contributed by atoms with Crippen molar-refractivity contribution in [2.75, 3.05) is 95.0 Å². The third kappa shape index (κ3) is 22.5. The van der Waals surface area contributed by atoms with Gasteiger partial charge in [0.1, 0.15) is 0 Å². The molecule has 2 aromatic carbocycles. The van der Waals surface area contributed by atoms with Crippen LogP contribution in [0.1, 0.15) is 117 Å². The number of hydrogen-bond acceptors (Lipinski definition) is 12. The van der Waals surface area contributed by atoms with Crippen LogP contribution in [-0.2, 0) is 44.9 Å². The van der Waals surface area contributed by atoms with Gasteiger partial charge in [0, 0.05) is 50.3 Å². The molecule has 14 nitrogen and oxygen atoms in total. The zero-order valence-electron chi connectivity index (χ0n) is 50.2. The highest BCUT2D eigenvalue weighted by Gasteiger charge is 2.29. The van der Waals surface area contributed by atoms with Crippen LogP contribution in [-0.4, -0.2) is 183 Å². The van der Waals surface area contributed by atoms with Crippen molar-refractivity contribution in [3.05, 3.63) is 95.6 Å². The fourth-order valence-corrected chi connectivity index (χ4v) is 10.8. The van der Waals surface area contributed by atoms with Gasteiger partial charge < -0.3 is 28.4 Å². The predicted molar refractivity (Wildman–Crippen MR) is 310 cm³/mol. The van der Waals surface area contributed by atoms with Crippen LogP contribution in [0.2, 0.25) is 0 Å². The van der Waals surface area contributed by atoms with Crippen molar-refractivity contribution >= 4 is 0 Å². The molecule has 8 atom stereocenters. The first-order chi connectivity index (χ1) is 36.2. The SMILES string of the molecule is COc1cnn(Cc2ccc(C[C@@H]3CN(C)[C@@H](CC(C)C)CO[C@H](C)CN(C)[C@@H](CC(C)C)CO[C@H](Cc4ccc(Cn5cc(OC)cn5)cc4)CN(C)[C@@H](CC(C)C)CO[C@H](C)CN(C)[C@@H](CC(C)C)CO3)cc2)c1. The Kier molecular flexibility index (Phi) is 26.7. The van der Waals surface area contributed by atoms with E-state index < -0.39 is 0 Å². The lowest BCUT2D eigenvalue weighted by atomic mass is 10.0. The molecule has 428 valence electrons. The predicted octanol–water partition coefficient (Wildman–Crippen LogP) is 9.96. The number of hydrogen-bond donors (Lipinski definition) is 0. The molecule has 4 aromatic rings. The molecule has 1 saturated heterocycles. The maximum atomic E-state index is 7.18. The van der Waals surface area contributed by atoms with E-state index in [0.717, 1.165) is 76.2 Å². The summed E-state index contributed by atoms with van der Waals surface area (Å²) in [5, 5.41) is 8.95. The minimum Gasteiger partial charge on any atom is -0.493 e. The molecule has 0 aliphatic carbocycles. The first kappa shape index (κ1) is 63.0. The van der Waals surface area contributed by atoms with Gasteiger partial charge in [0.2, 0.25) is 0 Å². The summed E-state index contributed by atoms with van der Waals surface area (Å²) in [5.74, 6) is 3.59. The van der Waals surface area contributed by atoms with E-state index in [-0.39, 0.29) is 48.6 Å². The van der Waals surface area contributed by atoms with Crippen molar-refractivity contribution in [2.24, 2.45) is 23.7 Å². The van der Waals surface area contributed by atoms with Crippen LogP contribution in [0.3, 0.4) is 0 Å². The maximum absolute atomic E-state index is 7.18. The Hall–Kier alpha value is -3.86. The van der Waals surface area contributed by atoms with Crippen LogP contribution in [0.4, 0.5) is 0 Å². The van der Waals surface area contributed by atoms with E-state index in [4.69, 9.17) is 28.4 Å². The van der Waals surface area contributed by atoms with Gasteiger partial charge in [0.25, 0.3) is 0 Å². The molecule has 0 unspecified atom stereocenters. The highest BCUT2D eigenvalue weighted by molar-refractivity contribution is 5.25. The quantitative estimate of drug-likeness (QED) is 0.0948. The second-order valence-electron chi connectivity index (χ2n) is 24.3. The van der Waals surface area contributed by atoms with Crippen molar-refractivity contribution in [1.82, 2.24) is 39.2 Å². The van der Waals surface area contributed by atoms with Gasteiger partial charge in [-0.05, 0) is 126 Å². The van der Waals surface area contributed by atoms with E-state index in [2.05, 4.69) is 176 Å². The fraction of sp³-hybridized carbons (Fsp3) is 0.710. The van der Waals surface area contributed by atoms with E-state index >= 15 is 0 Å². The van der Waals surface area contributed by atoms with E-state index in [1.165, 1.54) is 22.3 Å². The zero-order chi connectivity index (χ0) is 55.3. The minimum atomic E-state index is -0.0169. The van der Waals surface area contributed by atoms with Crippen molar-refractivity contribution in [3.8, 4) is 11.5 Å². The second kappa shape index (κ2) is 32.3. The molecule has 0 amide bonds. The second-order valence-corrected chi connectivity index (χ2v) is 24.3. The molecule has 2 aromatic heterocycles. The molecular formula is C62H104N8O6. The Morgan fingerprint density at radius 3 is 1.03 bits per heavy atom. The van der Waals surface area contributed by atoms with Gasteiger partial charge in [-0.1, -0.05) is 104 Å². The molecule has 1 fully saturated rings. The Balaban J connectivity index is 1.40. The lowest BCUT2D eigenvalue weighted by Crippen LogP contribution is -2.47. The van der Waals surface area contributed by atoms with Crippen LogP contribution in [0.15, 0.2) is 73.3 Å². The van der Waals surface area contributed by atoms with Crippen LogP contribution in [0.25, 0.3) is 0 Å². The normalized spacial score (nSPS) is 24.9. The van der Waals surface area contributed by atoms with Gasteiger partial charge in [-0.25, -0.2) is 0 Å². The van der Waals surface area contributed by atoms with E-state index in [1.54, 1.807) is 26.6 Å². The Morgan fingerprint density at radius 2 is 0.737 bits per heavy atom.